The Morgan fingerprint density at radius 2 is 1.77 bits per heavy atom. The van der Waals surface area contributed by atoms with E-state index in [2.05, 4.69) is 15.5 Å². The average molecular weight is 324 g/mol. The second-order valence-corrected chi connectivity index (χ2v) is 3.87. The number of aromatic nitrogens is 1. The summed E-state index contributed by atoms with van der Waals surface area (Å²) in [5.74, 6) is 0. The molecule has 0 amide bonds. The van der Waals surface area contributed by atoms with Gasteiger partial charge in [0.1, 0.15) is 5.69 Å². The van der Waals surface area contributed by atoms with Gasteiger partial charge < -0.3 is 0 Å². The summed E-state index contributed by atoms with van der Waals surface area (Å²) in [5, 5.41) is 25.4. The SMILES string of the molecule is Cl.O=[N+]([O-])c1ccc(NN=Cc2ccncc2)c([N+](=O)[O-])c1. The zero-order chi connectivity index (χ0) is 15.2. The molecule has 0 unspecified atom stereocenters. The molecule has 2 aromatic rings. The maximum atomic E-state index is 10.9. The highest BCUT2D eigenvalue weighted by atomic mass is 35.5. The van der Waals surface area contributed by atoms with Crippen LogP contribution in [-0.2, 0) is 0 Å². The van der Waals surface area contributed by atoms with Crippen LogP contribution in [-0.4, -0.2) is 21.0 Å². The minimum atomic E-state index is -0.711. The molecule has 1 N–H and O–H groups in total. The number of halogens is 1. The van der Waals surface area contributed by atoms with E-state index < -0.39 is 15.5 Å². The third kappa shape index (κ3) is 4.21. The Morgan fingerprint density at radius 1 is 1.09 bits per heavy atom. The van der Waals surface area contributed by atoms with Gasteiger partial charge in [0.25, 0.3) is 5.69 Å². The van der Waals surface area contributed by atoms with E-state index in [4.69, 9.17) is 0 Å². The largest absolute Gasteiger partial charge is 0.301 e. The van der Waals surface area contributed by atoms with Crippen molar-refractivity contribution in [1.82, 2.24) is 4.98 Å². The van der Waals surface area contributed by atoms with Crippen LogP contribution in [0.4, 0.5) is 17.1 Å². The summed E-state index contributed by atoms with van der Waals surface area (Å²) in [6.07, 6.45) is 4.61. The summed E-state index contributed by atoms with van der Waals surface area (Å²) >= 11 is 0. The van der Waals surface area contributed by atoms with E-state index in [9.17, 15) is 20.2 Å². The van der Waals surface area contributed by atoms with Crippen molar-refractivity contribution in [2.24, 2.45) is 5.10 Å². The van der Waals surface area contributed by atoms with E-state index in [-0.39, 0.29) is 23.8 Å². The number of nitrogens with zero attached hydrogens (tertiary/aromatic N) is 4. The van der Waals surface area contributed by atoms with Gasteiger partial charge in [0.15, 0.2) is 0 Å². The first kappa shape index (κ1) is 17.0. The Labute approximate surface area is 130 Å². The van der Waals surface area contributed by atoms with Crippen LogP contribution < -0.4 is 5.43 Å². The fraction of sp³-hybridized carbons (Fsp3) is 0. The molecule has 0 saturated carbocycles. The highest BCUT2D eigenvalue weighted by molar-refractivity contribution is 5.85. The third-order valence-electron chi connectivity index (χ3n) is 2.49. The zero-order valence-electron chi connectivity index (χ0n) is 10.9. The van der Waals surface area contributed by atoms with Crippen LogP contribution in [0.5, 0.6) is 0 Å². The highest BCUT2D eigenvalue weighted by Crippen LogP contribution is 2.28. The Bertz CT molecular complexity index is 708. The van der Waals surface area contributed by atoms with Gasteiger partial charge in [0.05, 0.1) is 22.1 Å². The Hall–Kier alpha value is -3.07. The summed E-state index contributed by atoms with van der Waals surface area (Å²) in [5.41, 5.74) is 2.54. The molecular formula is C12H10ClN5O4. The number of nitro groups is 2. The first-order valence-corrected chi connectivity index (χ1v) is 5.70. The monoisotopic (exact) mass is 323 g/mol. The van der Waals surface area contributed by atoms with Crippen LogP contribution in [0.3, 0.4) is 0 Å². The first-order chi connectivity index (χ1) is 10.1. The van der Waals surface area contributed by atoms with Gasteiger partial charge in [0, 0.05) is 18.5 Å². The second-order valence-electron chi connectivity index (χ2n) is 3.87. The van der Waals surface area contributed by atoms with Crippen LogP contribution >= 0.6 is 12.4 Å². The lowest BCUT2D eigenvalue weighted by Crippen LogP contribution is -1.98. The Morgan fingerprint density at radius 3 is 2.36 bits per heavy atom. The van der Waals surface area contributed by atoms with Crippen molar-refractivity contribution in [1.29, 1.82) is 0 Å². The van der Waals surface area contributed by atoms with Gasteiger partial charge in [-0.05, 0) is 23.8 Å². The lowest BCUT2D eigenvalue weighted by atomic mass is 10.2. The van der Waals surface area contributed by atoms with Gasteiger partial charge in [-0.3, -0.25) is 30.6 Å². The molecule has 0 bridgehead atoms. The summed E-state index contributed by atoms with van der Waals surface area (Å²) in [6.45, 7) is 0. The molecule has 0 aliphatic heterocycles. The smallest absolute Gasteiger partial charge is 0.272 e. The maximum absolute atomic E-state index is 10.9. The molecule has 1 aromatic heterocycles. The standard InChI is InChI=1S/C12H9N5O4.ClH/c18-16(19)10-1-2-11(12(7-10)17(20)21)15-14-8-9-3-5-13-6-4-9;/h1-8,15H;1H. The molecule has 0 aliphatic rings. The molecule has 114 valence electrons. The van der Waals surface area contributed by atoms with Crippen LogP contribution in [0.1, 0.15) is 5.56 Å². The number of pyridine rings is 1. The van der Waals surface area contributed by atoms with Gasteiger partial charge >= 0.3 is 5.69 Å². The van der Waals surface area contributed by atoms with Gasteiger partial charge in [-0.25, -0.2) is 0 Å². The molecule has 0 aliphatic carbocycles. The lowest BCUT2D eigenvalue weighted by molar-refractivity contribution is -0.393. The molecule has 0 radical (unpaired) electrons. The number of nitro benzene ring substituents is 2. The highest BCUT2D eigenvalue weighted by Gasteiger charge is 2.18. The first-order valence-electron chi connectivity index (χ1n) is 5.70. The van der Waals surface area contributed by atoms with Gasteiger partial charge in [-0.1, -0.05) is 0 Å². The fourth-order valence-corrected chi connectivity index (χ4v) is 1.51. The van der Waals surface area contributed by atoms with E-state index in [1.165, 1.54) is 12.3 Å². The molecule has 0 fully saturated rings. The number of rotatable bonds is 5. The van der Waals surface area contributed by atoms with Crippen molar-refractivity contribution in [2.45, 2.75) is 0 Å². The van der Waals surface area contributed by atoms with E-state index >= 15 is 0 Å². The molecule has 10 heteroatoms. The maximum Gasteiger partial charge on any atom is 0.301 e. The fourth-order valence-electron chi connectivity index (χ4n) is 1.51. The van der Waals surface area contributed by atoms with Crippen molar-refractivity contribution >= 4 is 35.7 Å². The van der Waals surface area contributed by atoms with Crippen molar-refractivity contribution < 1.29 is 9.85 Å². The van der Waals surface area contributed by atoms with E-state index in [1.807, 2.05) is 0 Å². The van der Waals surface area contributed by atoms with Crippen molar-refractivity contribution in [2.75, 3.05) is 5.43 Å². The van der Waals surface area contributed by atoms with Crippen LogP contribution in [0.15, 0.2) is 47.8 Å². The molecule has 2 rings (SSSR count). The lowest BCUT2D eigenvalue weighted by Gasteiger charge is -2.01. The molecule has 0 spiro atoms. The van der Waals surface area contributed by atoms with Gasteiger partial charge in [-0.2, -0.15) is 5.10 Å². The summed E-state index contributed by atoms with van der Waals surface area (Å²) in [4.78, 5) is 24.0. The number of non-ortho nitro benzene ring substituents is 1. The molecular weight excluding hydrogens is 314 g/mol. The normalized spacial score (nSPS) is 10.0. The van der Waals surface area contributed by atoms with Crippen LogP contribution in [0.2, 0.25) is 0 Å². The van der Waals surface area contributed by atoms with E-state index in [0.717, 1.165) is 17.7 Å². The molecule has 9 nitrogen and oxygen atoms in total. The Kier molecular flexibility index (Phi) is 5.90. The molecule has 0 atom stereocenters. The quantitative estimate of drug-likeness (QED) is 0.512. The van der Waals surface area contributed by atoms with Crippen molar-refractivity contribution in [3.63, 3.8) is 0 Å². The number of hydrogen-bond donors (Lipinski definition) is 1. The number of benzene rings is 1. The summed E-state index contributed by atoms with van der Waals surface area (Å²) < 4.78 is 0. The number of hydrogen-bond acceptors (Lipinski definition) is 7. The predicted octanol–water partition coefficient (Wildman–Crippen LogP) is 2.77. The minimum absolute atomic E-state index is 0. The average Bonchev–Trinajstić information content (AvgIpc) is 2.48. The zero-order valence-corrected chi connectivity index (χ0v) is 11.8. The van der Waals surface area contributed by atoms with Crippen LogP contribution in [0, 0.1) is 20.2 Å². The summed E-state index contributed by atoms with van der Waals surface area (Å²) in [7, 11) is 0. The van der Waals surface area contributed by atoms with Crippen LogP contribution in [0.25, 0.3) is 0 Å². The van der Waals surface area contributed by atoms with Gasteiger partial charge in [-0.15, -0.1) is 12.4 Å². The summed E-state index contributed by atoms with van der Waals surface area (Å²) in [6, 6.07) is 6.69. The number of nitrogens with one attached hydrogen (secondary N) is 1. The number of hydrazone groups is 1. The Balaban J connectivity index is 0.00000242. The molecule has 22 heavy (non-hydrogen) atoms. The molecule has 1 heterocycles. The molecule has 1 aromatic carbocycles. The molecule has 0 saturated heterocycles. The van der Waals surface area contributed by atoms with E-state index in [1.54, 1.807) is 24.5 Å². The predicted molar refractivity (Wildman–Crippen MR) is 82.5 cm³/mol. The second kappa shape index (κ2) is 7.64. The minimum Gasteiger partial charge on any atom is -0.272 e. The number of anilines is 1. The van der Waals surface area contributed by atoms with Crippen molar-refractivity contribution in [3.8, 4) is 0 Å². The third-order valence-corrected chi connectivity index (χ3v) is 2.49. The van der Waals surface area contributed by atoms with Crippen molar-refractivity contribution in [3.05, 3.63) is 68.5 Å². The van der Waals surface area contributed by atoms with Gasteiger partial charge in [0.2, 0.25) is 0 Å². The topological polar surface area (TPSA) is 124 Å². The van der Waals surface area contributed by atoms with E-state index in [0.29, 0.717) is 0 Å².